The molecule has 0 atom stereocenters. The van der Waals surface area contributed by atoms with Crippen molar-refractivity contribution in [1.29, 1.82) is 0 Å². The molecule has 0 aromatic carbocycles. The van der Waals surface area contributed by atoms with E-state index in [1.165, 1.54) is 51.4 Å². The topological polar surface area (TPSA) is 17.1 Å². The van der Waals surface area contributed by atoms with Crippen LogP contribution >= 0.6 is 0 Å². The van der Waals surface area contributed by atoms with Gasteiger partial charge in [0.05, 0.1) is 0 Å². The summed E-state index contributed by atoms with van der Waals surface area (Å²) in [6, 6.07) is 0. The van der Waals surface area contributed by atoms with Crippen LogP contribution in [0.4, 0.5) is 0 Å². The molecule has 98 valence electrons. The minimum atomic E-state index is 0.743. The molecule has 0 bridgehead atoms. The first kappa shape index (κ1) is 16.1. The Balaban J connectivity index is 3.09. The summed E-state index contributed by atoms with van der Waals surface area (Å²) in [6.45, 7) is 2.20. The van der Waals surface area contributed by atoms with Crippen molar-refractivity contribution in [2.45, 2.75) is 71.1 Å². The summed E-state index contributed by atoms with van der Waals surface area (Å²) in [5.74, 6) is 0. The van der Waals surface area contributed by atoms with Gasteiger partial charge in [0.1, 0.15) is 6.29 Å². The van der Waals surface area contributed by atoms with Crippen LogP contribution in [-0.4, -0.2) is 6.29 Å². The van der Waals surface area contributed by atoms with E-state index in [0.717, 1.165) is 19.1 Å². The molecule has 0 spiro atoms. The largest absolute Gasteiger partial charge is 0.303 e. The SMILES string of the molecule is CCC/C=C\C=C\CCCCCCCCC=O. The summed E-state index contributed by atoms with van der Waals surface area (Å²) in [5.41, 5.74) is 0. The first-order valence-electron chi connectivity index (χ1n) is 7.17. The predicted molar refractivity (Wildman–Crippen MR) is 76.2 cm³/mol. The van der Waals surface area contributed by atoms with Crippen molar-refractivity contribution in [3.63, 3.8) is 0 Å². The normalized spacial score (nSPS) is 11.6. The van der Waals surface area contributed by atoms with Crippen molar-refractivity contribution >= 4 is 6.29 Å². The lowest BCUT2D eigenvalue weighted by molar-refractivity contribution is -0.107. The average Bonchev–Trinajstić information content (AvgIpc) is 2.35. The Morgan fingerprint density at radius 3 is 1.82 bits per heavy atom. The van der Waals surface area contributed by atoms with E-state index in [0.29, 0.717) is 0 Å². The standard InChI is InChI=1S/C16H28O/c1-2-3-4-5-6-7-8-9-10-11-12-13-14-15-16-17/h4-7,16H,2-3,8-15H2,1H3/b5-4-,7-6+. The number of hydrogen-bond acceptors (Lipinski definition) is 1. The lowest BCUT2D eigenvalue weighted by atomic mass is 10.1. The van der Waals surface area contributed by atoms with E-state index in [4.69, 9.17) is 0 Å². The van der Waals surface area contributed by atoms with Gasteiger partial charge in [0.15, 0.2) is 0 Å². The quantitative estimate of drug-likeness (QED) is 0.258. The van der Waals surface area contributed by atoms with Crippen LogP contribution in [0.15, 0.2) is 24.3 Å². The van der Waals surface area contributed by atoms with Crippen LogP contribution in [0.1, 0.15) is 71.1 Å². The number of unbranched alkanes of at least 4 members (excludes halogenated alkanes) is 8. The monoisotopic (exact) mass is 236 g/mol. The number of carbonyl (C=O) groups excluding carboxylic acids is 1. The van der Waals surface area contributed by atoms with E-state index in [9.17, 15) is 4.79 Å². The number of rotatable bonds is 12. The summed E-state index contributed by atoms with van der Waals surface area (Å²) in [6.07, 6.45) is 21.7. The van der Waals surface area contributed by atoms with Gasteiger partial charge in [0.2, 0.25) is 0 Å². The molecule has 17 heavy (non-hydrogen) atoms. The molecule has 0 rings (SSSR count). The van der Waals surface area contributed by atoms with E-state index < -0.39 is 0 Å². The second kappa shape index (κ2) is 15.1. The van der Waals surface area contributed by atoms with Crippen LogP contribution in [0.2, 0.25) is 0 Å². The van der Waals surface area contributed by atoms with Gasteiger partial charge in [-0.15, -0.1) is 0 Å². The molecule has 0 amide bonds. The van der Waals surface area contributed by atoms with Gasteiger partial charge in [-0.25, -0.2) is 0 Å². The van der Waals surface area contributed by atoms with Crippen molar-refractivity contribution < 1.29 is 4.79 Å². The maximum absolute atomic E-state index is 10.1. The molecule has 0 aliphatic carbocycles. The molecular formula is C16H28O. The van der Waals surface area contributed by atoms with Crippen molar-refractivity contribution in [1.82, 2.24) is 0 Å². The Morgan fingerprint density at radius 1 is 0.706 bits per heavy atom. The molecular weight excluding hydrogens is 208 g/mol. The summed E-state index contributed by atoms with van der Waals surface area (Å²) < 4.78 is 0. The van der Waals surface area contributed by atoms with Gasteiger partial charge < -0.3 is 4.79 Å². The third-order valence-corrected chi connectivity index (χ3v) is 2.78. The van der Waals surface area contributed by atoms with E-state index in [-0.39, 0.29) is 0 Å². The molecule has 1 nitrogen and oxygen atoms in total. The first-order valence-corrected chi connectivity index (χ1v) is 7.17. The zero-order valence-corrected chi connectivity index (χ0v) is 11.4. The molecule has 0 aromatic rings. The van der Waals surface area contributed by atoms with Gasteiger partial charge >= 0.3 is 0 Å². The summed E-state index contributed by atoms with van der Waals surface area (Å²) in [5, 5.41) is 0. The fraction of sp³-hybridized carbons (Fsp3) is 0.688. The van der Waals surface area contributed by atoms with Gasteiger partial charge in [0, 0.05) is 6.42 Å². The smallest absolute Gasteiger partial charge is 0.119 e. The lowest BCUT2D eigenvalue weighted by Crippen LogP contribution is -1.80. The van der Waals surface area contributed by atoms with Gasteiger partial charge in [-0.1, -0.05) is 63.3 Å². The minimum absolute atomic E-state index is 0.743. The predicted octanol–water partition coefficient (Wildman–Crippen LogP) is 5.22. The molecule has 0 aliphatic rings. The summed E-state index contributed by atoms with van der Waals surface area (Å²) >= 11 is 0. The van der Waals surface area contributed by atoms with Crippen LogP contribution in [0.5, 0.6) is 0 Å². The highest BCUT2D eigenvalue weighted by molar-refractivity contribution is 5.48. The third-order valence-electron chi connectivity index (χ3n) is 2.78. The maximum Gasteiger partial charge on any atom is 0.119 e. The van der Waals surface area contributed by atoms with E-state index >= 15 is 0 Å². The van der Waals surface area contributed by atoms with E-state index in [2.05, 4.69) is 31.2 Å². The molecule has 0 unspecified atom stereocenters. The van der Waals surface area contributed by atoms with Crippen LogP contribution in [0.25, 0.3) is 0 Å². The van der Waals surface area contributed by atoms with Gasteiger partial charge in [-0.2, -0.15) is 0 Å². The Bertz CT molecular complexity index is 204. The number of allylic oxidation sites excluding steroid dienone is 4. The molecule has 0 saturated carbocycles. The fourth-order valence-corrected chi connectivity index (χ4v) is 1.71. The zero-order valence-electron chi connectivity index (χ0n) is 11.4. The molecule has 0 fully saturated rings. The number of hydrogen-bond donors (Lipinski definition) is 0. The minimum Gasteiger partial charge on any atom is -0.303 e. The molecule has 0 radical (unpaired) electrons. The highest BCUT2D eigenvalue weighted by Gasteiger charge is 1.89. The maximum atomic E-state index is 10.1. The molecule has 0 N–H and O–H groups in total. The van der Waals surface area contributed by atoms with Crippen molar-refractivity contribution in [3.8, 4) is 0 Å². The molecule has 0 aromatic heterocycles. The van der Waals surface area contributed by atoms with Crippen LogP contribution in [0, 0.1) is 0 Å². The van der Waals surface area contributed by atoms with Crippen LogP contribution < -0.4 is 0 Å². The van der Waals surface area contributed by atoms with E-state index in [1.807, 2.05) is 0 Å². The Hall–Kier alpha value is -0.850. The lowest BCUT2D eigenvalue weighted by Gasteiger charge is -1.98. The molecule has 0 aliphatic heterocycles. The molecule has 0 saturated heterocycles. The average molecular weight is 236 g/mol. The highest BCUT2D eigenvalue weighted by Crippen LogP contribution is 2.08. The highest BCUT2D eigenvalue weighted by atomic mass is 16.1. The van der Waals surface area contributed by atoms with Gasteiger partial charge in [-0.3, -0.25) is 0 Å². The fourth-order valence-electron chi connectivity index (χ4n) is 1.71. The second-order valence-electron chi connectivity index (χ2n) is 4.51. The van der Waals surface area contributed by atoms with Gasteiger partial charge in [0.25, 0.3) is 0 Å². The number of carbonyl (C=O) groups is 1. The van der Waals surface area contributed by atoms with Gasteiger partial charge in [-0.05, 0) is 25.7 Å². The Morgan fingerprint density at radius 2 is 1.24 bits per heavy atom. The molecule has 0 heterocycles. The van der Waals surface area contributed by atoms with Crippen LogP contribution in [0.3, 0.4) is 0 Å². The molecule has 1 heteroatoms. The summed E-state index contributed by atoms with van der Waals surface area (Å²) in [7, 11) is 0. The Labute approximate surface area is 107 Å². The number of aldehydes is 1. The van der Waals surface area contributed by atoms with E-state index in [1.54, 1.807) is 0 Å². The summed E-state index contributed by atoms with van der Waals surface area (Å²) in [4.78, 5) is 10.1. The van der Waals surface area contributed by atoms with Crippen molar-refractivity contribution in [3.05, 3.63) is 24.3 Å². The third kappa shape index (κ3) is 15.1. The second-order valence-corrected chi connectivity index (χ2v) is 4.51. The Kier molecular flexibility index (Phi) is 14.4. The van der Waals surface area contributed by atoms with Crippen molar-refractivity contribution in [2.75, 3.05) is 0 Å². The first-order chi connectivity index (χ1) is 8.41. The van der Waals surface area contributed by atoms with Crippen LogP contribution in [-0.2, 0) is 4.79 Å². The zero-order chi connectivity index (χ0) is 12.6. The van der Waals surface area contributed by atoms with Crippen molar-refractivity contribution in [2.24, 2.45) is 0 Å².